The SMILES string of the molecule is Cc1ccc(C2(N(C)C(=O)OC(C)(C)C)CCOCC2)cc1F. The fourth-order valence-corrected chi connectivity index (χ4v) is 2.91. The van der Waals surface area contributed by atoms with Crippen LogP contribution in [0.4, 0.5) is 9.18 Å². The first-order chi connectivity index (χ1) is 10.7. The number of benzene rings is 1. The lowest BCUT2D eigenvalue weighted by Gasteiger charge is -2.45. The molecule has 1 aliphatic heterocycles. The summed E-state index contributed by atoms with van der Waals surface area (Å²) in [4.78, 5) is 14.2. The molecule has 128 valence electrons. The predicted octanol–water partition coefficient (Wildman–Crippen LogP) is 4.01. The Bertz CT molecular complexity index is 574. The molecular formula is C18H26FNO3. The van der Waals surface area contributed by atoms with E-state index in [2.05, 4.69) is 0 Å². The second-order valence-electron chi connectivity index (χ2n) is 7.15. The minimum atomic E-state index is -0.602. The second-order valence-corrected chi connectivity index (χ2v) is 7.15. The summed E-state index contributed by atoms with van der Waals surface area (Å²) < 4.78 is 25.0. The van der Waals surface area contributed by atoms with E-state index >= 15 is 0 Å². The molecule has 23 heavy (non-hydrogen) atoms. The molecule has 1 saturated heterocycles. The topological polar surface area (TPSA) is 38.8 Å². The quantitative estimate of drug-likeness (QED) is 0.825. The summed E-state index contributed by atoms with van der Waals surface area (Å²) >= 11 is 0. The molecule has 0 spiro atoms. The third-order valence-corrected chi connectivity index (χ3v) is 4.34. The Balaban J connectivity index is 2.38. The summed E-state index contributed by atoms with van der Waals surface area (Å²) in [6.45, 7) is 8.29. The van der Waals surface area contributed by atoms with Gasteiger partial charge >= 0.3 is 6.09 Å². The molecule has 1 aliphatic rings. The molecule has 0 atom stereocenters. The zero-order valence-electron chi connectivity index (χ0n) is 14.6. The van der Waals surface area contributed by atoms with Gasteiger partial charge in [-0.2, -0.15) is 0 Å². The van der Waals surface area contributed by atoms with Crippen molar-refractivity contribution >= 4 is 6.09 Å². The largest absolute Gasteiger partial charge is 0.444 e. The zero-order valence-corrected chi connectivity index (χ0v) is 14.6. The van der Waals surface area contributed by atoms with E-state index in [-0.39, 0.29) is 5.82 Å². The summed E-state index contributed by atoms with van der Waals surface area (Å²) in [6.07, 6.45) is 0.830. The van der Waals surface area contributed by atoms with Gasteiger partial charge < -0.3 is 14.4 Å². The third kappa shape index (κ3) is 3.83. The Labute approximate surface area is 137 Å². The van der Waals surface area contributed by atoms with Crippen LogP contribution in [0.2, 0.25) is 0 Å². The number of hydrogen-bond donors (Lipinski definition) is 0. The molecular weight excluding hydrogens is 297 g/mol. The van der Waals surface area contributed by atoms with E-state index in [1.165, 1.54) is 6.07 Å². The maximum Gasteiger partial charge on any atom is 0.410 e. The van der Waals surface area contributed by atoms with Crippen molar-refractivity contribution in [1.29, 1.82) is 0 Å². The summed E-state index contributed by atoms with van der Waals surface area (Å²) in [5.74, 6) is -0.258. The van der Waals surface area contributed by atoms with Crippen LogP contribution in [0.3, 0.4) is 0 Å². The van der Waals surface area contributed by atoms with Gasteiger partial charge in [0.1, 0.15) is 11.4 Å². The molecule has 1 heterocycles. The van der Waals surface area contributed by atoms with Gasteiger partial charge in [-0.05, 0) is 57.7 Å². The van der Waals surface area contributed by atoms with Crippen LogP contribution in [-0.2, 0) is 15.0 Å². The van der Waals surface area contributed by atoms with Crippen LogP contribution in [-0.4, -0.2) is 36.9 Å². The summed E-state index contributed by atoms with van der Waals surface area (Å²) in [5, 5.41) is 0. The Morgan fingerprint density at radius 3 is 2.43 bits per heavy atom. The van der Waals surface area contributed by atoms with Gasteiger partial charge in [0.25, 0.3) is 0 Å². The molecule has 1 amide bonds. The lowest BCUT2D eigenvalue weighted by Crippen LogP contribution is -2.51. The number of carbonyl (C=O) groups excluding carboxylic acids is 1. The predicted molar refractivity (Wildman–Crippen MR) is 86.9 cm³/mol. The molecule has 0 aliphatic carbocycles. The van der Waals surface area contributed by atoms with E-state index in [4.69, 9.17) is 9.47 Å². The van der Waals surface area contributed by atoms with Gasteiger partial charge in [-0.3, -0.25) is 0 Å². The number of carbonyl (C=O) groups is 1. The fraction of sp³-hybridized carbons (Fsp3) is 0.611. The molecule has 1 fully saturated rings. The number of nitrogens with zero attached hydrogens (tertiary/aromatic N) is 1. The Morgan fingerprint density at radius 2 is 1.91 bits per heavy atom. The summed E-state index contributed by atoms with van der Waals surface area (Å²) in [6, 6.07) is 5.18. The summed E-state index contributed by atoms with van der Waals surface area (Å²) in [7, 11) is 1.72. The number of amides is 1. The molecule has 4 nitrogen and oxygen atoms in total. The van der Waals surface area contributed by atoms with Gasteiger partial charge in [-0.15, -0.1) is 0 Å². The molecule has 2 rings (SSSR count). The van der Waals surface area contributed by atoms with E-state index in [1.54, 1.807) is 24.9 Å². The van der Waals surface area contributed by atoms with Crippen LogP contribution in [0.1, 0.15) is 44.7 Å². The first-order valence-corrected chi connectivity index (χ1v) is 7.97. The number of aryl methyl sites for hydroxylation is 1. The van der Waals surface area contributed by atoms with E-state index < -0.39 is 17.2 Å². The van der Waals surface area contributed by atoms with Crippen molar-refractivity contribution in [3.8, 4) is 0 Å². The minimum Gasteiger partial charge on any atom is -0.444 e. The number of ether oxygens (including phenoxy) is 2. The highest BCUT2D eigenvalue weighted by molar-refractivity contribution is 5.69. The first kappa shape index (κ1) is 17.7. The highest BCUT2D eigenvalue weighted by Crippen LogP contribution is 2.38. The maximum atomic E-state index is 14.1. The normalized spacial score (nSPS) is 17.7. The molecule has 0 N–H and O–H groups in total. The minimum absolute atomic E-state index is 0.258. The van der Waals surface area contributed by atoms with Gasteiger partial charge in [0, 0.05) is 20.3 Å². The molecule has 0 unspecified atom stereocenters. The van der Waals surface area contributed by atoms with Crippen LogP contribution < -0.4 is 0 Å². The van der Waals surface area contributed by atoms with Crippen molar-refractivity contribution in [3.05, 3.63) is 35.1 Å². The van der Waals surface area contributed by atoms with Gasteiger partial charge in [0.2, 0.25) is 0 Å². The van der Waals surface area contributed by atoms with Crippen LogP contribution >= 0.6 is 0 Å². The molecule has 5 heteroatoms. The van der Waals surface area contributed by atoms with Crippen molar-refractivity contribution in [2.75, 3.05) is 20.3 Å². The first-order valence-electron chi connectivity index (χ1n) is 7.97. The van der Waals surface area contributed by atoms with Gasteiger partial charge in [-0.1, -0.05) is 12.1 Å². The molecule has 0 saturated carbocycles. The average molecular weight is 323 g/mol. The van der Waals surface area contributed by atoms with Crippen molar-refractivity contribution < 1.29 is 18.7 Å². The fourth-order valence-electron chi connectivity index (χ4n) is 2.91. The Kier molecular flexibility index (Phi) is 4.99. The average Bonchev–Trinajstić information content (AvgIpc) is 2.48. The molecule has 0 bridgehead atoms. The molecule has 0 aromatic heterocycles. The molecule has 1 aromatic carbocycles. The van der Waals surface area contributed by atoms with E-state index in [0.29, 0.717) is 31.6 Å². The number of rotatable bonds is 2. The third-order valence-electron chi connectivity index (χ3n) is 4.34. The van der Waals surface area contributed by atoms with Gasteiger partial charge in [-0.25, -0.2) is 9.18 Å². The van der Waals surface area contributed by atoms with Gasteiger partial charge in [0.05, 0.1) is 5.54 Å². The van der Waals surface area contributed by atoms with E-state index in [1.807, 2.05) is 26.8 Å². The molecule has 0 radical (unpaired) electrons. The summed E-state index contributed by atoms with van der Waals surface area (Å²) in [5.41, 5.74) is 0.207. The maximum absolute atomic E-state index is 14.1. The molecule has 1 aromatic rings. The van der Waals surface area contributed by atoms with Gasteiger partial charge in [0.15, 0.2) is 0 Å². The smallest absolute Gasteiger partial charge is 0.410 e. The van der Waals surface area contributed by atoms with Crippen molar-refractivity contribution in [2.45, 2.75) is 51.7 Å². The highest BCUT2D eigenvalue weighted by atomic mass is 19.1. The highest BCUT2D eigenvalue weighted by Gasteiger charge is 2.42. The van der Waals surface area contributed by atoms with Crippen molar-refractivity contribution in [3.63, 3.8) is 0 Å². The lowest BCUT2D eigenvalue weighted by atomic mass is 9.81. The monoisotopic (exact) mass is 323 g/mol. The van der Waals surface area contributed by atoms with E-state index in [9.17, 15) is 9.18 Å². The van der Waals surface area contributed by atoms with Crippen LogP contribution in [0.5, 0.6) is 0 Å². The zero-order chi connectivity index (χ0) is 17.3. The Morgan fingerprint density at radius 1 is 1.30 bits per heavy atom. The number of halogens is 1. The van der Waals surface area contributed by atoms with Crippen molar-refractivity contribution in [1.82, 2.24) is 4.90 Å². The van der Waals surface area contributed by atoms with E-state index in [0.717, 1.165) is 5.56 Å². The second kappa shape index (κ2) is 6.48. The lowest BCUT2D eigenvalue weighted by molar-refractivity contribution is -0.0385. The standard InChI is InChI=1S/C18H26FNO3/c1-13-6-7-14(12-15(13)19)18(8-10-22-11-9-18)20(5)16(21)23-17(2,3)4/h6-7,12H,8-11H2,1-5H3. The van der Waals surface area contributed by atoms with Crippen LogP contribution in [0.15, 0.2) is 18.2 Å². The Hall–Kier alpha value is -1.62. The van der Waals surface area contributed by atoms with Crippen LogP contribution in [0.25, 0.3) is 0 Å². The van der Waals surface area contributed by atoms with Crippen molar-refractivity contribution in [2.24, 2.45) is 0 Å². The van der Waals surface area contributed by atoms with Crippen LogP contribution in [0, 0.1) is 12.7 Å². The number of hydrogen-bond acceptors (Lipinski definition) is 3.